The van der Waals surface area contributed by atoms with Crippen molar-refractivity contribution in [2.24, 2.45) is 5.73 Å². The summed E-state index contributed by atoms with van der Waals surface area (Å²) in [4.78, 5) is 15.4. The molecule has 0 saturated carbocycles. The van der Waals surface area contributed by atoms with Gasteiger partial charge in [-0.3, -0.25) is 4.79 Å². The summed E-state index contributed by atoms with van der Waals surface area (Å²) in [5, 5.41) is 3.80. The summed E-state index contributed by atoms with van der Waals surface area (Å²) in [7, 11) is 0. The molecule has 0 aliphatic heterocycles. The number of rotatable bonds is 8. The van der Waals surface area contributed by atoms with E-state index in [1.165, 1.54) is 0 Å². The number of nitrogens with two attached hydrogens (primary N) is 1. The van der Waals surface area contributed by atoms with E-state index in [9.17, 15) is 4.79 Å². The van der Waals surface area contributed by atoms with Gasteiger partial charge in [-0.1, -0.05) is 12.1 Å². The molecule has 1 aromatic heterocycles. The Morgan fingerprint density at radius 1 is 1.56 bits per heavy atom. The molecule has 0 aliphatic carbocycles. The summed E-state index contributed by atoms with van der Waals surface area (Å²) in [6.07, 6.45) is 1.35. The van der Waals surface area contributed by atoms with Crippen LogP contribution in [0.4, 0.5) is 0 Å². The molecule has 6 nitrogen and oxygen atoms in total. The Kier molecular flexibility index (Phi) is 6.74. The normalized spacial score (nSPS) is 12.4. The molecule has 1 heterocycles. The number of esters is 1. The van der Waals surface area contributed by atoms with Crippen molar-refractivity contribution in [1.82, 2.24) is 10.1 Å². The highest BCUT2D eigenvalue weighted by Crippen LogP contribution is 2.12. The van der Waals surface area contributed by atoms with Gasteiger partial charge in [0.2, 0.25) is 5.89 Å². The van der Waals surface area contributed by atoms with E-state index in [0.29, 0.717) is 30.5 Å². The van der Waals surface area contributed by atoms with Gasteiger partial charge in [-0.15, -0.1) is 0 Å². The van der Waals surface area contributed by atoms with E-state index < -0.39 is 6.04 Å². The summed E-state index contributed by atoms with van der Waals surface area (Å²) in [5.74, 6) is 2.38. The molecule has 0 radical (unpaired) electrons. The Morgan fingerprint density at radius 3 is 2.94 bits per heavy atom. The zero-order valence-corrected chi connectivity index (χ0v) is 11.5. The Labute approximate surface area is 111 Å². The Morgan fingerprint density at radius 2 is 2.33 bits per heavy atom. The predicted octanol–water partition coefficient (Wildman–Crippen LogP) is 1.15. The lowest BCUT2D eigenvalue weighted by atomic mass is 10.2. The first kappa shape index (κ1) is 15.0. The maximum Gasteiger partial charge on any atom is 0.322 e. The van der Waals surface area contributed by atoms with Crippen LogP contribution in [0.2, 0.25) is 0 Å². The first-order valence-corrected chi connectivity index (χ1v) is 7.14. The van der Waals surface area contributed by atoms with Crippen molar-refractivity contribution in [2.45, 2.75) is 38.5 Å². The number of hydrogen-bond donors (Lipinski definition) is 1. The van der Waals surface area contributed by atoms with Crippen LogP contribution in [0, 0.1) is 0 Å². The highest BCUT2D eigenvalue weighted by atomic mass is 32.2. The van der Waals surface area contributed by atoms with Gasteiger partial charge in [0.25, 0.3) is 0 Å². The highest BCUT2D eigenvalue weighted by Gasteiger charge is 2.14. The van der Waals surface area contributed by atoms with Crippen molar-refractivity contribution in [1.29, 1.82) is 0 Å². The molecule has 0 bridgehead atoms. The Balaban J connectivity index is 2.16. The zero-order valence-electron chi connectivity index (χ0n) is 10.7. The molecule has 2 N–H and O–H groups in total. The van der Waals surface area contributed by atoms with Gasteiger partial charge in [-0.2, -0.15) is 16.7 Å². The van der Waals surface area contributed by atoms with Gasteiger partial charge in [0, 0.05) is 6.42 Å². The second-order valence-corrected chi connectivity index (χ2v) is 4.76. The van der Waals surface area contributed by atoms with Crippen molar-refractivity contribution < 1.29 is 14.1 Å². The van der Waals surface area contributed by atoms with Gasteiger partial charge in [-0.05, 0) is 19.1 Å². The van der Waals surface area contributed by atoms with E-state index in [0.717, 1.165) is 12.2 Å². The molecule has 1 aromatic rings. The van der Waals surface area contributed by atoms with Gasteiger partial charge in [0.15, 0.2) is 5.82 Å². The molecule has 0 amide bonds. The molecular formula is C11H19N3O3S. The number of ether oxygens (including phenoxy) is 1. The molecule has 0 fully saturated rings. The average molecular weight is 273 g/mol. The summed E-state index contributed by atoms with van der Waals surface area (Å²) in [6, 6.07) is -0.550. The summed E-state index contributed by atoms with van der Waals surface area (Å²) < 4.78 is 9.87. The van der Waals surface area contributed by atoms with Crippen LogP contribution < -0.4 is 5.73 Å². The number of carbonyl (C=O) groups excluding carboxylic acids is 1. The molecule has 0 aromatic carbocycles. The quantitative estimate of drug-likeness (QED) is 0.561. The standard InChI is InChI=1S/C11H19N3O3S/c1-3-9-13-10(17-14-9)7-18-6-5-8(12)11(15)16-4-2/h8H,3-7,12H2,1-2H3. The van der Waals surface area contributed by atoms with Crippen LogP contribution in [0.3, 0.4) is 0 Å². The Bertz CT molecular complexity index is 370. The summed E-state index contributed by atoms with van der Waals surface area (Å²) in [6.45, 7) is 4.10. The van der Waals surface area contributed by atoms with Gasteiger partial charge >= 0.3 is 5.97 Å². The van der Waals surface area contributed by atoms with Gasteiger partial charge in [0.1, 0.15) is 6.04 Å². The molecule has 1 rings (SSSR count). The topological polar surface area (TPSA) is 91.2 Å². The van der Waals surface area contributed by atoms with E-state index in [1.807, 2.05) is 6.92 Å². The average Bonchev–Trinajstić information content (AvgIpc) is 2.82. The minimum atomic E-state index is -0.550. The molecule has 1 atom stereocenters. The van der Waals surface area contributed by atoms with Crippen LogP contribution in [-0.4, -0.2) is 34.5 Å². The fourth-order valence-electron chi connectivity index (χ4n) is 1.23. The maximum absolute atomic E-state index is 11.3. The van der Waals surface area contributed by atoms with Crippen molar-refractivity contribution in [3.63, 3.8) is 0 Å². The predicted molar refractivity (Wildman–Crippen MR) is 69.1 cm³/mol. The van der Waals surface area contributed by atoms with Gasteiger partial charge < -0.3 is 15.0 Å². The van der Waals surface area contributed by atoms with Crippen LogP contribution in [-0.2, 0) is 21.7 Å². The lowest BCUT2D eigenvalue weighted by Gasteiger charge is -2.09. The fourth-order valence-corrected chi connectivity index (χ4v) is 2.09. The third-order valence-corrected chi connectivity index (χ3v) is 3.19. The first-order chi connectivity index (χ1) is 8.67. The SMILES string of the molecule is CCOC(=O)C(N)CCSCc1nc(CC)no1. The lowest BCUT2D eigenvalue weighted by Crippen LogP contribution is -2.32. The number of aryl methyl sites for hydroxylation is 1. The molecule has 18 heavy (non-hydrogen) atoms. The van der Waals surface area contributed by atoms with Crippen LogP contribution in [0.25, 0.3) is 0 Å². The number of nitrogens with zero attached hydrogens (tertiary/aromatic N) is 2. The van der Waals surface area contributed by atoms with E-state index in [1.54, 1.807) is 18.7 Å². The zero-order chi connectivity index (χ0) is 13.4. The van der Waals surface area contributed by atoms with E-state index in [-0.39, 0.29) is 5.97 Å². The molecule has 1 unspecified atom stereocenters. The van der Waals surface area contributed by atoms with Crippen molar-refractivity contribution >= 4 is 17.7 Å². The number of thioether (sulfide) groups is 1. The molecule has 0 saturated heterocycles. The van der Waals surface area contributed by atoms with Crippen LogP contribution >= 0.6 is 11.8 Å². The van der Waals surface area contributed by atoms with Crippen molar-refractivity contribution in [2.75, 3.05) is 12.4 Å². The van der Waals surface area contributed by atoms with Crippen LogP contribution in [0.15, 0.2) is 4.52 Å². The first-order valence-electron chi connectivity index (χ1n) is 5.98. The number of carbonyl (C=O) groups is 1. The molecule has 0 spiro atoms. The van der Waals surface area contributed by atoms with E-state index in [4.69, 9.17) is 15.0 Å². The van der Waals surface area contributed by atoms with Gasteiger partial charge in [0.05, 0.1) is 12.4 Å². The van der Waals surface area contributed by atoms with Gasteiger partial charge in [-0.25, -0.2) is 0 Å². The van der Waals surface area contributed by atoms with E-state index in [2.05, 4.69) is 10.1 Å². The van der Waals surface area contributed by atoms with Crippen LogP contribution in [0.5, 0.6) is 0 Å². The molecular weight excluding hydrogens is 254 g/mol. The fraction of sp³-hybridized carbons (Fsp3) is 0.727. The maximum atomic E-state index is 11.3. The monoisotopic (exact) mass is 273 g/mol. The van der Waals surface area contributed by atoms with E-state index >= 15 is 0 Å². The molecule has 102 valence electrons. The van der Waals surface area contributed by atoms with Crippen molar-refractivity contribution in [3.05, 3.63) is 11.7 Å². The smallest absolute Gasteiger partial charge is 0.322 e. The minimum Gasteiger partial charge on any atom is -0.465 e. The van der Waals surface area contributed by atoms with Crippen molar-refractivity contribution in [3.8, 4) is 0 Å². The highest BCUT2D eigenvalue weighted by molar-refractivity contribution is 7.98. The largest absolute Gasteiger partial charge is 0.465 e. The molecule has 7 heteroatoms. The second-order valence-electron chi connectivity index (χ2n) is 3.66. The summed E-state index contributed by atoms with van der Waals surface area (Å²) >= 11 is 1.61. The second kappa shape index (κ2) is 8.10. The lowest BCUT2D eigenvalue weighted by molar-refractivity contribution is -0.144. The Hall–Kier alpha value is -1.08. The molecule has 0 aliphatic rings. The van der Waals surface area contributed by atoms with Crippen LogP contribution in [0.1, 0.15) is 32.0 Å². The summed E-state index contributed by atoms with van der Waals surface area (Å²) in [5.41, 5.74) is 5.67. The third kappa shape index (κ3) is 5.05. The minimum absolute atomic E-state index is 0.343. The third-order valence-electron chi connectivity index (χ3n) is 2.21. The number of aromatic nitrogens is 2. The number of hydrogen-bond acceptors (Lipinski definition) is 7.